The number of aromatic hydroxyl groups is 1. The molecule has 1 aliphatic rings. The summed E-state index contributed by atoms with van der Waals surface area (Å²) in [5.41, 5.74) is 0.427. The first kappa shape index (κ1) is 12.6. The summed E-state index contributed by atoms with van der Waals surface area (Å²) in [5.74, 6) is -1.08. The van der Waals surface area contributed by atoms with Crippen LogP contribution in [0.5, 0.6) is 5.75 Å². The van der Waals surface area contributed by atoms with Crippen molar-refractivity contribution in [1.29, 1.82) is 0 Å². The average molecular weight is 260 g/mol. The molecule has 0 atom stereocenters. The van der Waals surface area contributed by atoms with Gasteiger partial charge in [-0.2, -0.15) is 0 Å². The van der Waals surface area contributed by atoms with Gasteiger partial charge in [0.1, 0.15) is 0 Å². The molecule has 2 rings (SSSR count). The zero-order valence-electron chi connectivity index (χ0n) is 9.34. The third-order valence-corrected chi connectivity index (χ3v) is 3.43. The molecule has 0 aliphatic heterocycles. The molecule has 1 saturated carbocycles. The number of phenols is 1. The highest BCUT2D eigenvalue weighted by molar-refractivity contribution is 6.30. The first-order valence-electron chi connectivity index (χ1n) is 5.55. The second-order valence-electron chi connectivity index (χ2n) is 4.66. The Hall–Kier alpha value is -0.840. The van der Waals surface area contributed by atoms with Crippen LogP contribution >= 0.6 is 11.6 Å². The molecule has 0 aromatic heterocycles. The molecule has 1 aliphatic carbocycles. The number of phenolic OH excluding ortho intramolecular Hbond substituents is 1. The molecule has 0 unspecified atom stereocenters. The zero-order chi connectivity index (χ0) is 12.5. The predicted octanol–water partition coefficient (Wildman–Crippen LogP) is 2.05. The number of aliphatic hydroxyl groups is 1. The fourth-order valence-electron chi connectivity index (χ4n) is 1.78. The van der Waals surface area contributed by atoms with Gasteiger partial charge in [-0.3, -0.25) is 0 Å². The van der Waals surface area contributed by atoms with Gasteiger partial charge in [-0.1, -0.05) is 11.6 Å². The summed E-state index contributed by atoms with van der Waals surface area (Å²) in [5, 5.41) is 22.0. The van der Waals surface area contributed by atoms with E-state index in [2.05, 4.69) is 5.32 Å². The Balaban J connectivity index is 1.95. The number of benzene rings is 1. The first-order valence-corrected chi connectivity index (χ1v) is 5.93. The fraction of sp³-hybridized carbons (Fsp3) is 0.500. The third kappa shape index (κ3) is 2.89. The Morgan fingerprint density at radius 1 is 1.41 bits per heavy atom. The largest absolute Gasteiger partial charge is 0.505 e. The van der Waals surface area contributed by atoms with E-state index in [9.17, 15) is 9.50 Å². The molecule has 0 amide bonds. The molecule has 1 aromatic rings. The molecule has 94 valence electrons. The van der Waals surface area contributed by atoms with Crippen molar-refractivity contribution in [1.82, 2.24) is 5.32 Å². The van der Waals surface area contributed by atoms with Crippen molar-refractivity contribution in [2.75, 3.05) is 13.2 Å². The van der Waals surface area contributed by atoms with Gasteiger partial charge in [0.25, 0.3) is 0 Å². The summed E-state index contributed by atoms with van der Waals surface area (Å²) in [6, 6.07) is 2.61. The topological polar surface area (TPSA) is 52.5 Å². The third-order valence-electron chi connectivity index (χ3n) is 3.22. The van der Waals surface area contributed by atoms with Crippen LogP contribution in [-0.2, 0) is 6.54 Å². The summed E-state index contributed by atoms with van der Waals surface area (Å²) in [6.07, 6.45) is 2.01. The maximum Gasteiger partial charge on any atom is 0.166 e. The Bertz CT molecular complexity index is 421. The molecular weight excluding hydrogens is 245 g/mol. The van der Waals surface area contributed by atoms with Gasteiger partial charge in [0.2, 0.25) is 0 Å². The minimum atomic E-state index is -0.711. The van der Waals surface area contributed by atoms with Crippen LogP contribution in [0.1, 0.15) is 18.4 Å². The van der Waals surface area contributed by atoms with E-state index < -0.39 is 5.82 Å². The minimum Gasteiger partial charge on any atom is -0.505 e. The lowest BCUT2D eigenvalue weighted by molar-refractivity contribution is 0.207. The van der Waals surface area contributed by atoms with Crippen molar-refractivity contribution >= 4 is 11.6 Å². The smallest absolute Gasteiger partial charge is 0.166 e. The molecule has 0 radical (unpaired) electrons. The van der Waals surface area contributed by atoms with E-state index in [1.807, 2.05) is 0 Å². The number of aliphatic hydroxyl groups excluding tert-OH is 1. The first-order chi connectivity index (χ1) is 8.06. The van der Waals surface area contributed by atoms with E-state index >= 15 is 0 Å². The van der Waals surface area contributed by atoms with Crippen molar-refractivity contribution in [3.05, 3.63) is 28.5 Å². The SMILES string of the molecule is OCC1(CNCc2cc(Cl)cc(F)c2O)CC1. The summed E-state index contributed by atoms with van der Waals surface area (Å²) in [6.45, 7) is 1.16. The Kier molecular flexibility index (Phi) is 3.56. The van der Waals surface area contributed by atoms with Crippen LogP contribution in [-0.4, -0.2) is 23.4 Å². The van der Waals surface area contributed by atoms with Crippen molar-refractivity contribution in [3.63, 3.8) is 0 Å². The lowest BCUT2D eigenvalue weighted by Crippen LogP contribution is -2.26. The standard InChI is InChI=1S/C12H15ClFNO2/c13-9-3-8(11(17)10(14)4-9)5-15-6-12(7-16)1-2-12/h3-4,15-17H,1-2,5-7H2. The molecule has 5 heteroatoms. The molecular formula is C12H15ClFNO2. The number of nitrogens with one attached hydrogen (secondary N) is 1. The fourth-order valence-corrected chi connectivity index (χ4v) is 2.01. The van der Waals surface area contributed by atoms with E-state index in [1.54, 1.807) is 0 Å². The number of hydrogen-bond donors (Lipinski definition) is 3. The van der Waals surface area contributed by atoms with Gasteiger partial charge in [0.05, 0.1) is 0 Å². The van der Waals surface area contributed by atoms with Crippen molar-refractivity contribution in [2.45, 2.75) is 19.4 Å². The highest BCUT2D eigenvalue weighted by Crippen LogP contribution is 2.44. The molecule has 0 spiro atoms. The molecule has 0 saturated heterocycles. The van der Waals surface area contributed by atoms with E-state index in [0.29, 0.717) is 18.7 Å². The second-order valence-corrected chi connectivity index (χ2v) is 5.09. The number of hydrogen-bond acceptors (Lipinski definition) is 3. The summed E-state index contributed by atoms with van der Waals surface area (Å²) < 4.78 is 13.2. The van der Waals surface area contributed by atoms with Gasteiger partial charge >= 0.3 is 0 Å². The lowest BCUT2D eigenvalue weighted by atomic mass is 10.1. The summed E-state index contributed by atoms with van der Waals surface area (Å²) >= 11 is 5.71. The van der Waals surface area contributed by atoms with E-state index in [1.165, 1.54) is 6.07 Å². The van der Waals surface area contributed by atoms with Gasteiger partial charge in [-0.15, -0.1) is 0 Å². The molecule has 3 nitrogen and oxygen atoms in total. The Morgan fingerprint density at radius 3 is 2.71 bits per heavy atom. The van der Waals surface area contributed by atoms with E-state index in [-0.39, 0.29) is 22.8 Å². The minimum absolute atomic E-state index is 0.00720. The molecule has 3 N–H and O–H groups in total. The van der Waals surface area contributed by atoms with E-state index in [0.717, 1.165) is 18.9 Å². The summed E-state index contributed by atoms with van der Waals surface area (Å²) in [7, 11) is 0. The maximum atomic E-state index is 13.2. The monoisotopic (exact) mass is 259 g/mol. The molecule has 0 heterocycles. The molecule has 1 aromatic carbocycles. The Labute approximate surface area is 104 Å². The summed E-state index contributed by atoms with van der Waals surface area (Å²) in [4.78, 5) is 0. The molecule has 0 bridgehead atoms. The van der Waals surface area contributed by atoms with Crippen LogP contribution in [0, 0.1) is 11.2 Å². The van der Waals surface area contributed by atoms with Gasteiger partial charge in [-0.05, 0) is 25.0 Å². The van der Waals surface area contributed by atoms with Crippen LogP contribution in [0.2, 0.25) is 5.02 Å². The van der Waals surface area contributed by atoms with Crippen LogP contribution in [0.4, 0.5) is 4.39 Å². The van der Waals surface area contributed by atoms with Crippen LogP contribution < -0.4 is 5.32 Å². The molecule has 17 heavy (non-hydrogen) atoms. The van der Waals surface area contributed by atoms with Gasteiger partial charge in [0.15, 0.2) is 11.6 Å². The lowest BCUT2D eigenvalue weighted by Gasteiger charge is -2.13. The second kappa shape index (κ2) is 4.80. The highest BCUT2D eigenvalue weighted by Gasteiger charge is 2.41. The van der Waals surface area contributed by atoms with Crippen LogP contribution in [0.3, 0.4) is 0 Å². The van der Waals surface area contributed by atoms with Crippen molar-refractivity contribution in [3.8, 4) is 5.75 Å². The van der Waals surface area contributed by atoms with Crippen molar-refractivity contribution in [2.24, 2.45) is 5.41 Å². The highest BCUT2D eigenvalue weighted by atomic mass is 35.5. The zero-order valence-corrected chi connectivity index (χ0v) is 10.1. The quantitative estimate of drug-likeness (QED) is 0.759. The average Bonchev–Trinajstić information content (AvgIpc) is 3.06. The van der Waals surface area contributed by atoms with Crippen LogP contribution in [0.15, 0.2) is 12.1 Å². The van der Waals surface area contributed by atoms with Crippen LogP contribution in [0.25, 0.3) is 0 Å². The predicted molar refractivity (Wildman–Crippen MR) is 63.5 cm³/mol. The number of halogens is 2. The Morgan fingerprint density at radius 2 is 2.12 bits per heavy atom. The maximum absolute atomic E-state index is 13.2. The number of rotatable bonds is 5. The van der Waals surface area contributed by atoms with Gasteiger partial charge in [-0.25, -0.2) is 4.39 Å². The normalized spacial score (nSPS) is 17.1. The van der Waals surface area contributed by atoms with Crippen molar-refractivity contribution < 1.29 is 14.6 Å². The van der Waals surface area contributed by atoms with Gasteiger partial charge < -0.3 is 15.5 Å². The van der Waals surface area contributed by atoms with Gasteiger partial charge in [0, 0.05) is 35.7 Å². The van der Waals surface area contributed by atoms with E-state index in [4.69, 9.17) is 16.7 Å². The molecule has 1 fully saturated rings.